The zero-order valence-corrected chi connectivity index (χ0v) is 12.8. The third-order valence-corrected chi connectivity index (χ3v) is 5.87. The molecule has 0 bridgehead atoms. The van der Waals surface area contributed by atoms with Crippen LogP contribution in [0.2, 0.25) is 0 Å². The fourth-order valence-corrected chi connectivity index (χ4v) is 4.16. The van der Waals surface area contributed by atoms with Crippen molar-refractivity contribution < 1.29 is 13.2 Å². The van der Waals surface area contributed by atoms with Crippen LogP contribution in [0.15, 0.2) is 0 Å². The molecule has 1 aliphatic heterocycles. The number of nitrogens with zero attached hydrogens (tertiary/aromatic N) is 1. The van der Waals surface area contributed by atoms with Crippen LogP contribution in [0.1, 0.15) is 26.2 Å². The van der Waals surface area contributed by atoms with Crippen LogP contribution in [0.25, 0.3) is 0 Å². The lowest BCUT2D eigenvalue weighted by molar-refractivity contribution is -0.123. The Bertz CT molecular complexity index is 424. The Labute approximate surface area is 115 Å². The van der Waals surface area contributed by atoms with Crippen LogP contribution >= 0.6 is 0 Å². The van der Waals surface area contributed by atoms with Crippen molar-refractivity contribution in [2.45, 2.75) is 37.8 Å². The fourth-order valence-electron chi connectivity index (χ4n) is 2.36. The van der Waals surface area contributed by atoms with Crippen molar-refractivity contribution >= 4 is 15.7 Å². The van der Waals surface area contributed by atoms with Crippen molar-refractivity contribution in [3.8, 4) is 0 Å². The number of hydrogen-bond acceptors (Lipinski definition) is 5. The summed E-state index contributed by atoms with van der Waals surface area (Å²) in [6, 6.07) is 0.111. The van der Waals surface area contributed by atoms with Crippen molar-refractivity contribution in [3.63, 3.8) is 0 Å². The van der Waals surface area contributed by atoms with Crippen molar-refractivity contribution in [1.29, 1.82) is 0 Å². The number of nitrogens with two attached hydrogens (primary N) is 1. The van der Waals surface area contributed by atoms with Gasteiger partial charge in [0.05, 0.1) is 17.0 Å². The summed E-state index contributed by atoms with van der Waals surface area (Å²) >= 11 is 0. The summed E-state index contributed by atoms with van der Waals surface area (Å²) in [5, 5.41) is 2.95. The first-order chi connectivity index (χ1) is 8.70. The number of hydrogen-bond donors (Lipinski definition) is 2. The minimum Gasteiger partial charge on any atom is -0.368 e. The van der Waals surface area contributed by atoms with E-state index in [1.54, 1.807) is 14.0 Å². The summed E-state index contributed by atoms with van der Waals surface area (Å²) in [5.74, 6) is 0.182. The maximum Gasteiger partial charge on any atom is 0.237 e. The lowest BCUT2D eigenvalue weighted by Gasteiger charge is -2.28. The number of carbonyl (C=O) groups excluding carboxylic acids is 1. The zero-order valence-electron chi connectivity index (χ0n) is 12.0. The second-order valence-corrected chi connectivity index (χ2v) is 7.82. The molecule has 19 heavy (non-hydrogen) atoms. The van der Waals surface area contributed by atoms with Crippen molar-refractivity contribution in [3.05, 3.63) is 0 Å². The van der Waals surface area contributed by atoms with Crippen molar-refractivity contribution in [2.24, 2.45) is 5.73 Å². The van der Waals surface area contributed by atoms with Crippen LogP contribution < -0.4 is 11.1 Å². The molecule has 1 fully saturated rings. The van der Waals surface area contributed by atoms with Gasteiger partial charge in [-0.05, 0) is 46.8 Å². The van der Waals surface area contributed by atoms with E-state index in [9.17, 15) is 13.2 Å². The van der Waals surface area contributed by atoms with Crippen LogP contribution in [-0.2, 0) is 14.6 Å². The Morgan fingerprint density at radius 2 is 2.16 bits per heavy atom. The average Bonchev–Trinajstić information content (AvgIpc) is 2.69. The quantitative estimate of drug-likeness (QED) is 0.650. The van der Waals surface area contributed by atoms with E-state index in [0.717, 1.165) is 13.0 Å². The van der Waals surface area contributed by atoms with E-state index in [4.69, 9.17) is 5.73 Å². The molecule has 1 saturated heterocycles. The van der Waals surface area contributed by atoms with Crippen LogP contribution in [0.3, 0.4) is 0 Å². The van der Waals surface area contributed by atoms with Gasteiger partial charge in [-0.25, -0.2) is 8.42 Å². The summed E-state index contributed by atoms with van der Waals surface area (Å²) in [6.45, 7) is 2.56. The number of sulfone groups is 1. The molecular weight excluding hydrogens is 266 g/mol. The van der Waals surface area contributed by atoms with E-state index in [1.165, 1.54) is 0 Å². The molecular formula is C12H25N3O3S. The molecule has 6 nitrogen and oxygen atoms in total. The SMILES string of the molecule is CNC(C)(CCCN(C)C1CCS(=O)(=O)C1)C(N)=O. The smallest absolute Gasteiger partial charge is 0.237 e. The summed E-state index contributed by atoms with van der Waals surface area (Å²) < 4.78 is 22.8. The van der Waals surface area contributed by atoms with Gasteiger partial charge in [0, 0.05) is 6.04 Å². The topological polar surface area (TPSA) is 92.5 Å². The summed E-state index contributed by atoms with van der Waals surface area (Å²) in [7, 11) is 0.817. The van der Waals surface area contributed by atoms with Gasteiger partial charge in [-0.15, -0.1) is 0 Å². The third-order valence-electron chi connectivity index (χ3n) is 4.11. The summed E-state index contributed by atoms with van der Waals surface area (Å²) in [4.78, 5) is 13.4. The number of carbonyl (C=O) groups is 1. The van der Waals surface area contributed by atoms with E-state index in [1.807, 2.05) is 7.05 Å². The molecule has 7 heteroatoms. The molecule has 1 rings (SSSR count). The second kappa shape index (κ2) is 6.19. The van der Waals surface area contributed by atoms with Crippen LogP contribution in [0.5, 0.6) is 0 Å². The lowest BCUT2D eigenvalue weighted by Crippen LogP contribution is -2.51. The van der Waals surface area contributed by atoms with Crippen molar-refractivity contribution in [1.82, 2.24) is 10.2 Å². The highest BCUT2D eigenvalue weighted by atomic mass is 32.2. The Hall–Kier alpha value is -0.660. The molecule has 2 unspecified atom stereocenters. The highest BCUT2D eigenvalue weighted by Gasteiger charge is 2.32. The largest absolute Gasteiger partial charge is 0.368 e. The molecule has 0 radical (unpaired) electrons. The Morgan fingerprint density at radius 1 is 1.53 bits per heavy atom. The molecule has 1 amide bonds. The Kier molecular flexibility index (Phi) is 5.34. The van der Waals surface area contributed by atoms with Gasteiger partial charge in [0.15, 0.2) is 9.84 Å². The maximum atomic E-state index is 11.4. The van der Waals surface area contributed by atoms with E-state index in [0.29, 0.717) is 12.8 Å². The van der Waals surface area contributed by atoms with E-state index in [-0.39, 0.29) is 23.5 Å². The van der Waals surface area contributed by atoms with Gasteiger partial charge in [-0.1, -0.05) is 0 Å². The Morgan fingerprint density at radius 3 is 2.58 bits per heavy atom. The lowest BCUT2D eigenvalue weighted by atomic mass is 9.95. The summed E-state index contributed by atoms with van der Waals surface area (Å²) in [6.07, 6.45) is 2.15. The van der Waals surface area contributed by atoms with Gasteiger partial charge >= 0.3 is 0 Å². The molecule has 0 aliphatic carbocycles. The monoisotopic (exact) mass is 291 g/mol. The first-order valence-corrected chi connectivity index (χ1v) is 8.42. The Balaban J connectivity index is 2.39. The molecule has 0 aromatic carbocycles. The van der Waals surface area contributed by atoms with Crippen LogP contribution in [-0.4, -0.2) is 63.0 Å². The minimum atomic E-state index is -2.84. The predicted molar refractivity (Wildman–Crippen MR) is 75.6 cm³/mol. The number of nitrogens with one attached hydrogen (secondary N) is 1. The van der Waals surface area contributed by atoms with Gasteiger partial charge in [-0.3, -0.25) is 4.79 Å². The molecule has 112 valence electrons. The van der Waals surface area contributed by atoms with E-state index < -0.39 is 15.4 Å². The number of rotatable bonds is 7. The highest BCUT2D eigenvalue weighted by Crippen LogP contribution is 2.18. The standard InChI is InChI=1S/C12H25N3O3S/c1-12(14-2,11(13)16)6-4-7-15(3)10-5-8-19(17,18)9-10/h10,14H,4-9H2,1-3H3,(H2,13,16). The first kappa shape index (κ1) is 16.4. The third kappa shape index (κ3) is 4.43. The van der Waals surface area contributed by atoms with E-state index in [2.05, 4.69) is 10.2 Å². The van der Waals surface area contributed by atoms with Gasteiger partial charge in [0.2, 0.25) is 5.91 Å². The molecule has 1 aliphatic rings. The average molecular weight is 291 g/mol. The highest BCUT2D eigenvalue weighted by molar-refractivity contribution is 7.91. The molecule has 0 aromatic rings. The molecule has 1 heterocycles. The van der Waals surface area contributed by atoms with Gasteiger partial charge in [0.25, 0.3) is 0 Å². The van der Waals surface area contributed by atoms with Crippen LogP contribution in [0.4, 0.5) is 0 Å². The normalized spacial score (nSPS) is 25.4. The van der Waals surface area contributed by atoms with Crippen LogP contribution in [0, 0.1) is 0 Å². The zero-order chi connectivity index (χ0) is 14.7. The maximum absolute atomic E-state index is 11.4. The molecule has 0 spiro atoms. The number of amides is 1. The van der Waals surface area contributed by atoms with Gasteiger partial charge in [0.1, 0.15) is 0 Å². The molecule has 3 N–H and O–H groups in total. The molecule has 0 saturated carbocycles. The fraction of sp³-hybridized carbons (Fsp3) is 0.917. The first-order valence-electron chi connectivity index (χ1n) is 6.60. The number of primary amides is 1. The second-order valence-electron chi connectivity index (χ2n) is 5.59. The van der Waals surface area contributed by atoms with Crippen molar-refractivity contribution in [2.75, 3.05) is 32.1 Å². The van der Waals surface area contributed by atoms with E-state index >= 15 is 0 Å². The summed E-state index contributed by atoms with van der Waals surface area (Å²) in [5.41, 5.74) is 4.67. The minimum absolute atomic E-state index is 0.111. The molecule has 2 atom stereocenters. The predicted octanol–water partition coefficient (Wildman–Crippen LogP) is -0.651. The number of likely N-dealkylation sites (N-methyl/N-ethyl adjacent to an activating group) is 1. The molecule has 0 aromatic heterocycles. The van der Waals surface area contributed by atoms with Gasteiger partial charge in [-0.2, -0.15) is 0 Å². The van der Waals surface area contributed by atoms with Gasteiger partial charge < -0.3 is 16.0 Å².